The molecule has 0 saturated heterocycles. The molecule has 0 aliphatic carbocycles. The van der Waals surface area contributed by atoms with Crippen molar-refractivity contribution in [3.63, 3.8) is 0 Å². The van der Waals surface area contributed by atoms with Crippen LogP contribution in [0.5, 0.6) is 18.0 Å². The van der Waals surface area contributed by atoms with Crippen molar-refractivity contribution in [1.29, 1.82) is 15.8 Å². The fourth-order valence-electron chi connectivity index (χ4n) is 0.840. The number of rotatable bonds is 9. The summed E-state index contributed by atoms with van der Waals surface area (Å²) >= 11 is 0. The van der Waals surface area contributed by atoms with Crippen LogP contribution in [0.15, 0.2) is 0 Å². The molecular weight excluding hydrogens is 288 g/mol. The van der Waals surface area contributed by atoms with Crippen molar-refractivity contribution < 1.29 is 28.4 Å². The minimum atomic E-state index is -0.442. The van der Waals surface area contributed by atoms with E-state index in [1.54, 1.807) is 0 Å². The van der Waals surface area contributed by atoms with Gasteiger partial charge < -0.3 is 28.4 Å². The lowest BCUT2D eigenvalue weighted by atomic mass is 10.9. The molecule has 12 heteroatoms. The number of hydrogen-bond acceptors (Lipinski definition) is 12. The molecule has 12 nitrogen and oxygen atoms in total. The van der Waals surface area contributed by atoms with E-state index < -0.39 is 20.4 Å². The van der Waals surface area contributed by atoms with E-state index in [4.69, 9.17) is 30.0 Å². The van der Waals surface area contributed by atoms with Crippen LogP contribution >= 0.6 is 0 Å². The van der Waals surface area contributed by atoms with Crippen LogP contribution in [0.3, 0.4) is 0 Å². The van der Waals surface area contributed by atoms with E-state index in [0.29, 0.717) is 0 Å². The fourth-order valence-corrected chi connectivity index (χ4v) is 0.840. The summed E-state index contributed by atoms with van der Waals surface area (Å²) in [4.78, 5) is 11.0. The van der Waals surface area contributed by atoms with E-state index in [0.717, 1.165) is 0 Å². The second kappa shape index (κ2) is 9.24. The molecule has 0 aromatic carbocycles. The number of nitriles is 3. The summed E-state index contributed by atoms with van der Waals surface area (Å²) < 4.78 is 27.4. The lowest BCUT2D eigenvalue weighted by Gasteiger charge is -2.07. The normalized spacial score (nSPS) is 8.43. The Balaban J connectivity index is 2.73. The molecule has 0 saturated carbocycles. The molecule has 1 heterocycles. The molecule has 0 radical (unpaired) electrons. The van der Waals surface area contributed by atoms with Crippen molar-refractivity contribution in [2.24, 2.45) is 0 Å². The Labute approximate surface area is 117 Å². The number of aromatic nitrogens is 3. The first-order chi connectivity index (χ1) is 10.3. The average molecular weight is 294 g/mol. The van der Waals surface area contributed by atoms with Gasteiger partial charge in [0.2, 0.25) is 20.4 Å². The Hall–Kier alpha value is -3.72. The van der Waals surface area contributed by atoms with Crippen molar-refractivity contribution in [3.8, 4) is 36.8 Å². The molecule has 0 N–H and O–H groups in total. The molecule has 1 aromatic rings. The molecule has 0 aliphatic heterocycles. The van der Waals surface area contributed by atoms with Gasteiger partial charge in [-0.1, -0.05) is 0 Å². The monoisotopic (exact) mass is 294 g/mol. The van der Waals surface area contributed by atoms with Crippen LogP contribution in [0.4, 0.5) is 0 Å². The highest BCUT2D eigenvalue weighted by molar-refractivity contribution is 5.08. The highest BCUT2D eigenvalue weighted by Gasteiger charge is 2.10. The largest absolute Gasteiger partial charge is 0.425 e. The molecule has 0 fully saturated rings. The first-order valence-corrected chi connectivity index (χ1v) is 4.97. The summed E-state index contributed by atoms with van der Waals surface area (Å²) in [5, 5.41) is 24.6. The first-order valence-electron chi connectivity index (χ1n) is 4.97. The standard InChI is InChI=1S/C9H6N6O6/c10-1-16-4-19-7-13-8(20-5-17-2-11)15-9(14-7)21-6-18-3-12/h4-6H2. The topological polar surface area (TPSA) is 165 Å². The average Bonchev–Trinajstić information content (AvgIpc) is 2.48. The quantitative estimate of drug-likeness (QED) is 0.322. The van der Waals surface area contributed by atoms with Crippen molar-refractivity contribution >= 4 is 0 Å². The molecule has 1 rings (SSSR count). The third-order valence-electron chi connectivity index (χ3n) is 1.51. The molecule has 0 aliphatic rings. The van der Waals surface area contributed by atoms with E-state index >= 15 is 0 Å². The number of nitrogens with zero attached hydrogens (tertiary/aromatic N) is 6. The predicted octanol–water partition coefficient (Wildman–Crippen LogP) is -0.626. The molecular formula is C9H6N6O6. The number of ether oxygens (including phenoxy) is 6. The van der Waals surface area contributed by atoms with Gasteiger partial charge in [0.15, 0.2) is 0 Å². The zero-order valence-corrected chi connectivity index (χ0v) is 10.3. The SMILES string of the molecule is N#COCOc1nc(OCOC#N)nc(OCOC#N)n1. The number of hydrogen-bond donors (Lipinski definition) is 0. The van der Waals surface area contributed by atoms with E-state index in [9.17, 15) is 0 Å². The van der Waals surface area contributed by atoms with Gasteiger partial charge in [-0.25, -0.2) is 0 Å². The zero-order chi connectivity index (χ0) is 15.3. The Bertz CT molecular complexity index is 482. The van der Waals surface area contributed by atoms with Gasteiger partial charge in [-0.15, -0.1) is 15.0 Å². The van der Waals surface area contributed by atoms with Gasteiger partial charge in [-0.05, 0) is 0 Å². The Kier molecular flexibility index (Phi) is 6.75. The van der Waals surface area contributed by atoms with Crippen LogP contribution in [0, 0.1) is 34.6 Å². The summed E-state index contributed by atoms with van der Waals surface area (Å²) in [5.74, 6) is 0. The zero-order valence-electron chi connectivity index (χ0n) is 10.3. The van der Waals surface area contributed by atoms with Crippen LogP contribution in [0.2, 0.25) is 0 Å². The van der Waals surface area contributed by atoms with E-state index in [-0.39, 0.29) is 18.0 Å². The summed E-state index contributed by atoms with van der Waals surface area (Å²) in [6.45, 7) is -1.33. The Morgan fingerprint density at radius 3 is 1.14 bits per heavy atom. The maximum atomic E-state index is 8.19. The Morgan fingerprint density at radius 1 is 0.619 bits per heavy atom. The summed E-state index contributed by atoms with van der Waals surface area (Å²) in [5.41, 5.74) is 0. The molecule has 0 atom stereocenters. The second-order valence-corrected chi connectivity index (χ2v) is 2.68. The molecule has 0 amide bonds. The third-order valence-corrected chi connectivity index (χ3v) is 1.51. The van der Waals surface area contributed by atoms with Crippen molar-refractivity contribution in [3.05, 3.63) is 0 Å². The van der Waals surface area contributed by atoms with Crippen LogP contribution in [-0.2, 0) is 14.2 Å². The summed E-state index contributed by atoms with van der Waals surface area (Å²) in [6.07, 6.45) is 4.14. The maximum Gasteiger partial charge on any atom is 0.328 e. The third kappa shape index (κ3) is 6.13. The Morgan fingerprint density at radius 2 is 0.905 bits per heavy atom. The van der Waals surface area contributed by atoms with Crippen LogP contribution in [-0.4, -0.2) is 35.3 Å². The van der Waals surface area contributed by atoms with Crippen molar-refractivity contribution in [2.45, 2.75) is 0 Å². The van der Waals surface area contributed by atoms with Gasteiger partial charge >= 0.3 is 18.0 Å². The van der Waals surface area contributed by atoms with Gasteiger partial charge in [-0.2, -0.15) is 15.8 Å². The van der Waals surface area contributed by atoms with Crippen LogP contribution in [0.1, 0.15) is 0 Å². The van der Waals surface area contributed by atoms with Crippen molar-refractivity contribution in [2.75, 3.05) is 20.4 Å². The lowest BCUT2D eigenvalue weighted by Crippen LogP contribution is -2.10. The summed E-state index contributed by atoms with van der Waals surface area (Å²) in [6, 6.07) is -0.836. The minimum absolute atomic E-state index is 0.279. The van der Waals surface area contributed by atoms with E-state index in [1.807, 2.05) is 0 Å². The molecule has 0 unspecified atom stereocenters. The minimum Gasteiger partial charge on any atom is -0.425 e. The van der Waals surface area contributed by atoms with E-state index in [1.165, 1.54) is 18.8 Å². The van der Waals surface area contributed by atoms with E-state index in [2.05, 4.69) is 29.2 Å². The van der Waals surface area contributed by atoms with Gasteiger partial charge in [0, 0.05) is 0 Å². The van der Waals surface area contributed by atoms with Crippen LogP contribution in [0.25, 0.3) is 0 Å². The first kappa shape index (κ1) is 15.3. The molecule has 1 aromatic heterocycles. The highest BCUT2D eigenvalue weighted by atomic mass is 16.7. The second-order valence-electron chi connectivity index (χ2n) is 2.68. The van der Waals surface area contributed by atoms with Gasteiger partial charge in [-0.3, -0.25) is 0 Å². The molecule has 21 heavy (non-hydrogen) atoms. The van der Waals surface area contributed by atoms with Gasteiger partial charge in [0.1, 0.15) is 0 Å². The molecule has 0 spiro atoms. The molecule has 108 valence electrons. The van der Waals surface area contributed by atoms with Crippen molar-refractivity contribution in [1.82, 2.24) is 15.0 Å². The van der Waals surface area contributed by atoms with Gasteiger partial charge in [0.25, 0.3) is 18.8 Å². The fraction of sp³-hybridized carbons (Fsp3) is 0.333. The predicted molar refractivity (Wildman–Crippen MR) is 56.4 cm³/mol. The highest BCUT2D eigenvalue weighted by Crippen LogP contribution is 2.14. The smallest absolute Gasteiger partial charge is 0.328 e. The maximum absolute atomic E-state index is 8.19. The van der Waals surface area contributed by atoms with Crippen LogP contribution < -0.4 is 14.2 Å². The summed E-state index contributed by atoms with van der Waals surface area (Å²) in [7, 11) is 0. The van der Waals surface area contributed by atoms with Gasteiger partial charge in [0.05, 0.1) is 0 Å². The lowest BCUT2D eigenvalue weighted by molar-refractivity contribution is 0.0594. The molecule has 0 bridgehead atoms.